The molecule has 0 bridgehead atoms. The summed E-state index contributed by atoms with van der Waals surface area (Å²) in [6, 6.07) is 3.64. The lowest BCUT2D eigenvalue weighted by Crippen LogP contribution is -2.26. The molecular weight excluding hydrogens is 415 g/mol. The van der Waals surface area contributed by atoms with Gasteiger partial charge in [-0.1, -0.05) is 33.8 Å². The number of imidazole rings is 1. The topological polar surface area (TPSA) is 64.9 Å². The zero-order valence-corrected chi connectivity index (χ0v) is 21.4. The first-order valence-electron chi connectivity index (χ1n) is 11.3. The Bertz CT molecular complexity index is 1060. The van der Waals surface area contributed by atoms with Gasteiger partial charge in [-0.3, -0.25) is 4.57 Å². The summed E-state index contributed by atoms with van der Waals surface area (Å²) in [5.74, 6) is 1.11. The third-order valence-electron chi connectivity index (χ3n) is 4.76. The first-order valence-corrected chi connectivity index (χ1v) is 11.3. The Hall–Kier alpha value is -2.93. The molecular formula is C26H39FN6. The second-order valence-electron chi connectivity index (χ2n) is 10.1. The van der Waals surface area contributed by atoms with Gasteiger partial charge in [0.05, 0.1) is 11.4 Å². The maximum absolute atomic E-state index is 14.1. The largest absolute Gasteiger partial charge is 0.369 e. The van der Waals surface area contributed by atoms with Gasteiger partial charge in [0, 0.05) is 37.5 Å². The molecule has 6 nitrogen and oxygen atoms in total. The standard InChI is InChI=1S/C18H21FN6.C5H12.C3H6/c1-11-8-13(9-12(2)16(11)19)25-17(24-7-5-21-18(24)20)14-10-23(3)6-4-15(14)22-25;1-5(2,3)4;1-3-2/h5,7-9H,4,6,10H2,1-3H3,(H2,20,21);1-4H3;3H,1H2,2H3. The lowest BCUT2D eigenvalue weighted by Gasteiger charge is -2.22. The summed E-state index contributed by atoms with van der Waals surface area (Å²) < 4.78 is 17.8. The van der Waals surface area contributed by atoms with Crippen LogP contribution in [0.3, 0.4) is 0 Å². The van der Waals surface area contributed by atoms with Crippen LogP contribution in [-0.2, 0) is 13.0 Å². The molecule has 0 unspecified atom stereocenters. The Kier molecular flexibility index (Phi) is 8.61. The van der Waals surface area contributed by atoms with E-state index in [0.29, 0.717) is 22.5 Å². The van der Waals surface area contributed by atoms with E-state index in [9.17, 15) is 4.39 Å². The van der Waals surface area contributed by atoms with Crippen LogP contribution in [-0.4, -0.2) is 37.8 Å². The molecule has 1 aliphatic heterocycles. The fourth-order valence-electron chi connectivity index (χ4n) is 3.46. The van der Waals surface area contributed by atoms with Crippen LogP contribution in [0.5, 0.6) is 0 Å². The van der Waals surface area contributed by atoms with Crippen molar-refractivity contribution in [2.24, 2.45) is 5.41 Å². The van der Waals surface area contributed by atoms with Gasteiger partial charge in [-0.25, -0.2) is 14.1 Å². The van der Waals surface area contributed by atoms with Gasteiger partial charge in [0.25, 0.3) is 0 Å². The Morgan fingerprint density at radius 3 is 2.18 bits per heavy atom. The number of allylic oxidation sites excluding steroid dienone is 1. The molecule has 0 saturated heterocycles. The smallest absolute Gasteiger partial charge is 0.206 e. The van der Waals surface area contributed by atoms with Crippen molar-refractivity contribution in [2.75, 3.05) is 19.3 Å². The quantitative estimate of drug-likeness (QED) is 0.510. The van der Waals surface area contributed by atoms with Crippen molar-refractivity contribution in [3.05, 3.63) is 65.4 Å². The number of nitrogens with two attached hydrogens (primary N) is 1. The maximum atomic E-state index is 14.1. The maximum Gasteiger partial charge on any atom is 0.206 e. The molecule has 0 aliphatic carbocycles. The first-order chi connectivity index (χ1) is 15.4. The van der Waals surface area contributed by atoms with E-state index in [-0.39, 0.29) is 5.82 Å². The van der Waals surface area contributed by atoms with Gasteiger partial charge in [-0.2, -0.15) is 5.10 Å². The fourth-order valence-corrected chi connectivity index (χ4v) is 3.46. The molecule has 7 heteroatoms. The van der Waals surface area contributed by atoms with Crippen molar-refractivity contribution >= 4 is 5.95 Å². The predicted molar refractivity (Wildman–Crippen MR) is 136 cm³/mol. The van der Waals surface area contributed by atoms with Crippen LogP contribution in [0.25, 0.3) is 11.5 Å². The number of rotatable bonds is 2. The number of likely N-dealkylation sites (N-methyl/N-ethyl adjacent to an activating group) is 1. The second kappa shape index (κ2) is 10.8. The molecule has 0 atom stereocenters. The highest BCUT2D eigenvalue weighted by Gasteiger charge is 2.26. The average molecular weight is 455 g/mol. The van der Waals surface area contributed by atoms with Crippen molar-refractivity contribution in [1.29, 1.82) is 0 Å². The Labute approximate surface area is 197 Å². The molecule has 0 radical (unpaired) electrons. The summed E-state index contributed by atoms with van der Waals surface area (Å²) in [6.45, 7) is 19.3. The number of nitrogens with zero attached hydrogens (tertiary/aromatic N) is 5. The summed E-state index contributed by atoms with van der Waals surface area (Å²) >= 11 is 0. The zero-order valence-electron chi connectivity index (χ0n) is 21.4. The van der Waals surface area contributed by atoms with Gasteiger partial charge in [-0.15, -0.1) is 6.58 Å². The molecule has 0 spiro atoms. The highest BCUT2D eigenvalue weighted by Crippen LogP contribution is 2.29. The minimum absolute atomic E-state index is 0.177. The minimum Gasteiger partial charge on any atom is -0.369 e. The van der Waals surface area contributed by atoms with Gasteiger partial charge in [-0.05, 0) is 56.5 Å². The Morgan fingerprint density at radius 1 is 1.15 bits per heavy atom. The van der Waals surface area contributed by atoms with Crippen LogP contribution in [0.15, 0.2) is 37.2 Å². The number of halogens is 1. The molecule has 1 aliphatic rings. The van der Waals surface area contributed by atoms with E-state index in [0.717, 1.165) is 42.3 Å². The van der Waals surface area contributed by atoms with Crippen LogP contribution in [0.1, 0.15) is 57.0 Å². The molecule has 0 fully saturated rings. The molecule has 3 heterocycles. The molecule has 3 aromatic rings. The van der Waals surface area contributed by atoms with Crippen molar-refractivity contribution in [1.82, 2.24) is 24.2 Å². The number of hydrogen-bond acceptors (Lipinski definition) is 4. The zero-order chi connectivity index (χ0) is 24.9. The number of hydrogen-bond donors (Lipinski definition) is 1. The highest BCUT2D eigenvalue weighted by atomic mass is 19.1. The van der Waals surface area contributed by atoms with Crippen molar-refractivity contribution in [3.8, 4) is 11.5 Å². The summed E-state index contributed by atoms with van der Waals surface area (Å²) in [5.41, 5.74) is 10.8. The van der Waals surface area contributed by atoms with E-state index in [1.54, 1.807) is 26.1 Å². The minimum atomic E-state index is -0.177. The lowest BCUT2D eigenvalue weighted by molar-refractivity contribution is 0.311. The summed E-state index contributed by atoms with van der Waals surface area (Å²) in [7, 11) is 2.09. The molecule has 2 aromatic heterocycles. The summed E-state index contributed by atoms with van der Waals surface area (Å²) in [4.78, 5) is 6.41. The number of anilines is 1. The van der Waals surface area contributed by atoms with Gasteiger partial charge in [0.15, 0.2) is 0 Å². The van der Waals surface area contributed by atoms with Gasteiger partial charge < -0.3 is 10.6 Å². The molecule has 0 saturated carbocycles. The average Bonchev–Trinajstić information content (AvgIpc) is 3.27. The van der Waals surface area contributed by atoms with E-state index in [1.807, 2.05) is 34.5 Å². The van der Waals surface area contributed by atoms with Crippen molar-refractivity contribution in [3.63, 3.8) is 0 Å². The van der Waals surface area contributed by atoms with Crippen LogP contribution in [0.2, 0.25) is 0 Å². The van der Waals surface area contributed by atoms with E-state index in [4.69, 9.17) is 10.8 Å². The second-order valence-corrected chi connectivity index (χ2v) is 10.1. The lowest BCUT2D eigenvalue weighted by atomic mass is 10.0. The van der Waals surface area contributed by atoms with E-state index >= 15 is 0 Å². The molecule has 1 aromatic carbocycles. The highest BCUT2D eigenvalue weighted by molar-refractivity contribution is 5.51. The van der Waals surface area contributed by atoms with Gasteiger partial charge in [0.1, 0.15) is 11.6 Å². The number of nitrogen functional groups attached to an aromatic ring is 1. The van der Waals surface area contributed by atoms with E-state index in [2.05, 4.69) is 51.2 Å². The third-order valence-corrected chi connectivity index (χ3v) is 4.76. The summed E-state index contributed by atoms with van der Waals surface area (Å²) in [6.07, 6.45) is 6.13. The first kappa shape index (κ1) is 26.3. The molecule has 33 heavy (non-hydrogen) atoms. The fraction of sp³-hybridized carbons (Fsp3) is 0.462. The predicted octanol–water partition coefficient (Wildman–Crippen LogP) is 5.63. The Morgan fingerprint density at radius 2 is 1.70 bits per heavy atom. The normalized spacial score (nSPS) is 13.4. The molecule has 180 valence electrons. The number of benzene rings is 1. The molecule has 4 rings (SSSR count). The van der Waals surface area contributed by atoms with Gasteiger partial charge >= 0.3 is 0 Å². The molecule has 0 amide bonds. The van der Waals surface area contributed by atoms with E-state index < -0.39 is 0 Å². The van der Waals surface area contributed by atoms with Crippen molar-refractivity contribution < 1.29 is 4.39 Å². The van der Waals surface area contributed by atoms with Crippen molar-refractivity contribution in [2.45, 2.75) is 61.4 Å². The Balaban J connectivity index is 0.000000420. The number of fused-ring (bicyclic) bond motifs is 1. The number of aromatic nitrogens is 4. The van der Waals surface area contributed by atoms with Crippen LogP contribution in [0, 0.1) is 25.1 Å². The monoisotopic (exact) mass is 454 g/mol. The van der Waals surface area contributed by atoms with Crippen LogP contribution < -0.4 is 5.73 Å². The number of aryl methyl sites for hydroxylation is 2. The molecule has 2 N–H and O–H groups in total. The van der Waals surface area contributed by atoms with Gasteiger partial charge in [0.2, 0.25) is 5.95 Å². The van der Waals surface area contributed by atoms with E-state index in [1.165, 1.54) is 0 Å². The van der Waals surface area contributed by atoms with Crippen LogP contribution in [0.4, 0.5) is 10.3 Å². The van der Waals surface area contributed by atoms with Crippen LogP contribution >= 0.6 is 0 Å². The third kappa shape index (κ3) is 6.78. The summed E-state index contributed by atoms with van der Waals surface area (Å²) in [5, 5.41) is 4.83. The SMILES string of the molecule is C=CC.CC(C)(C)C.Cc1cc(-n2nc3c(c2-n2ccnc2N)CN(C)CC3)cc(C)c1F.